The van der Waals surface area contributed by atoms with E-state index in [1.54, 1.807) is 13.0 Å². The number of hydrogen-bond donors (Lipinski definition) is 2. The fraction of sp³-hybridized carbons (Fsp3) is 0.429. The molecule has 0 bridgehead atoms. The quantitative estimate of drug-likeness (QED) is 0.844. The van der Waals surface area contributed by atoms with Gasteiger partial charge in [0.2, 0.25) is 5.91 Å². The smallest absolute Gasteiger partial charge is 0.335 e. The Morgan fingerprint density at radius 2 is 1.95 bits per heavy atom. The van der Waals surface area contributed by atoms with Crippen LogP contribution in [0, 0.1) is 0 Å². The monoisotopic (exact) mass is 297 g/mol. The number of thioether (sulfide) groups is 1. The van der Waals surface area contributed by atoms with E-state index in [1.807, 2.05) is 20.1 Å². The minimum atomic E-state index is -1.05. The molecule has 6 heteroatoms. The molecule has 5 nitrogen and oxygen atoms in total. The van der Waals surface area contributed by atoms with Gasteiger partial charge in [-0.1, -0.05) is 0 Å². The first-order valence-corrected chi connectivity index (χ1v) is 7.51. The molecule has 0 aliphatic carbocycles. The number of benzene rings is 1. The van der Waals surface area contributed by atoms with E-state index in [4.69, 9.17) is 9.84 Å². The number of carboxylic acid groups (broad SMARTS) is 1. The summed E-state index contributed by atoms with van der Waals surface area (Å²) in [5.74, 6) is -0.769. The Balaban J connectivity index is 3.07. The van der Waals surface area contributed by atoms with E-state index < -0.39 is 5.97 Å². The molecule has 0 spiro atoms. The molecule has 0 aromatic heterocycles. The summed E-state index contributed by atoms with van der Waals surface area (Å²) in [6.45, 7) is 5.51. The molecule has 0 heterocycles. The van der Waals surface area contributed by atoms with E-state index in [-0.39, 0.29) is 22.8 Å². The van der Waals surface area contributed by atoms with Crippen LogP contribution in [0.3, 0.4) is 0 Å². The highest BCUT2D eigenvalue weighted by Gasteiger charge is 2.16. The Morgan fingerprint density at radius 3 is 2.45 bits per heavy atom. The van der Waals surface area contributed by atoms with Gasteiger partial charge in [-0.2, -0.15) is 11.8 Å². The fourth-order valence-electron chi connectivity index (χ4n) is 1.46. The van der Waals surface area contributed by atoms with Crippen molar-refractivity contribution in [3.05, 3.63) is 23.8 Å². The molecule has 0 saturated heterocycles. The summed E-state index contributed by atoms with van der Waals surface area (Å²) in [5, 5.41) is 11.5. The molecule has 0 saturated carbocycles. The van der Waals surface area contributed by atoms with E-state index >= 15 is 0 Å². The summed E-state index contributed by atoms with van der Waals surface area (Å²) >= 11 is 1.41. The molecule has 1 unspecified atom stereocenters. The third kappa shape index (κ3) is 4.45. The SMILES string of the molecule is CSC(C)C(=O)Nc1cc(C(=O)O)ccc1OC(C)C. The first kappa shape index (κ1) is 16.4. The maximum absolute atomic E-state index is 11.9. The predicted octanol–water partition coefficient (Wildman–Crippen LogP) is 2.86. The molecule has 1 aromatic carbocycles. The Morgan fingerprint density at radius 1 is 1.30 bits per heavy atom. The minimum absolute atomic E-state index is 0.0701. The number of hydrogen-bond acceptors (Lipinski definition) is 4. The van der Waals surface area contributed by atoms with E-state index in [0.29, 0.717) is 11.4 Å². The zero-order chi connectivity index (χ0) is 15.3. The normalized spacial score (nSPS) is 12.1. The summed E-state index contributed by atoms with van der Waals surface area (Å²) in [4.78, 5) is 22.9. The standard InChI is InChI=1S/C14H19NO4S/c1-8(2)19-12-6-5-10(14(17)18)7-11(12)15-13(16)9(3)20-4/h5-9H,1-4H3,(H,15,16)(H,17,18). The highest BCUT2D eigenvalue weighted by atomic mass is 32.2. The van der Waals surface area contributed by atoms with Crippen molar-refractivity contribution in [1.29, 1.82) is 0 Å². The van der Waals surface area contributed by atoms with E-state index in [0.717, 1.165) is 0 Å². The van der Waals surface area contributed by atoms with Crippen molar-refractivity contribution in [2.24, 2.45) is 0 Å². The summed E-state index contributed by atoms with van der Waals surface area (Å²) in [6, 6.07) is 4.42. The number of amides is 1. The van der Waals surface area contributed by atoms with E-state index in [2.05, 4.69) is 5.32 Å². The van der Waals surface area contributed by atoms with Crippen molar-refractivity contribution in [1.82, 2.24) is 0 Å². The maximum Gasteiger partial charge on any atom is 0.335 e. The zero-order valence-electron chi connectivity index (χ0n) is 12.0. The van der Waals surface area contributed by atoms with Crippen LogP contribution in [-0.2, 0) is 4.79 Å². The van der Waals surface area contributed by atoms with Crippen LogP contribution in [0.1, 0.15) is 31.1 Å². The van der Waals surface area contributed by atoms with Crippen LogP contribution in [0.25, 0.3) is 0 Å². The van der Waals surface area contributed by atoms with Gasteiger partial charge >= 0.3 is 5.97 Å². The van der Waals surface area contributed by atoms with Gasteiger partial charge < -0.3 is 15.2 Å². The largest absolute Gasteiger partial charge is 0.489 e. The molecule has 2 N–H and O–H groups in total. The van der Waals surface area contributed by atoms with Crippen molar-refractivity contribution in [3.63, 3.8) is 0 Å². The van der Waals surface area contributed by atoms with Crippen LogP contribution < -0.4 is 10.1 Å². The van der Waals surface area contributed by atoms with Gasteiger partial charge in [0.1, 0.15) is 5.75 Å². The highest BCUT2D eigenvalue weighted by Crippen LogP contribution is 2.27. The van der Waals surface area contributed by atoms with Crippen LogP contribution in [0.4, 0.5) is 5.69 Å². The lowest BCUT2D eigenvalue weighted by atomic mass is 10.2. The maximum atomic E-state index is 11.9. The van der Waals surface area contributed by atoms with Gasteiger partial charge in [-0.25, -0.2) is 4.79 Å². The van der Waals surface area contributed by atoms with Crippen LogP contribution >= 0.6 is 11.8 Å². The summed E-state index contributed by atoms with van der Waals surface area (Å²) in [6.07, 6.45) is 1.77. The predicted molar refractivity (Wildman–Crippen MR) is 80.8 cm³/mol. The molecule has 1 atom stereocenters. The average molecular weight is 297 g/mol. The van der Waals surface area contributed by atoms with Gasteiger partial charge in [0.05, 0.1) is 22.6 Å². The number of anilines is 1. The van der Waals surface area contributed by atoms with Crippen molar-refractivity contribution < 1.29 is 19.4 Å². The Hall–Kier alpha value is -1.69. The van der Waals surface area contributed by atoms with Crippen molar-refractivity contribution >= 4 is 29.3 Å². The highest BCUT2D eigenvalue weighted by molar-refractivity contribution is 7.99. The lowest BCUT2D eigenvalue weighted by molar-refractivity contribution is -0.115. The number of nitrogens with one attached hydrogen (secondary N) is 1. The molecular weight excluding hydrogens is 278 g/mol. The van der Waals surface area contributed by atoms with Crippen LogP contribution in [-0.4, -0.2) is 34.6 Å². The van der Waals surface area contributed by atoms with Gasteiger partial charge in [-0.15, -0.1) is 0 Å². The molecule has 1 aromatic rings. The number of rotatable bonds is 6. The lowest BCUT2D eigenvalue weighted by Gasteiger charge is -2.17. The zero-order valence-corrected chi connectivity index (χ0v) is 12.8. The molecule has 0 radical (unpaired) electrons. The van der Waals surface area contributed by atoms with Gasteiger partial charge in [-0.05, 0) is 45.2 Å². The first-order chi connectivity index (χ1) is 9.35. The second kappa shape index (κ2) is 7.19. The first-order valence-electron chi connectivity index (χ1n) is 6.22. The van der Waals surface area contributed by atoms with Crippen LogP contribution in [0.2, 0.25) is 0 Å². The van der Waals surface area contributed by atoms with Gasteiger partial charge in [0.15, 0.2) is 0 Å². The number of carbonyl (C=O) groups is 2. The molecule has 110 valence electrons. The van der Waals surface area contributed by atoms with E-state index in [9.17, 15) is 9.59 Å². The van der Waals surface area contributed by atoms with Crippen molar-refractivity contribution in [3.8, 4) is 5.75 Å². The van der Waals surface area contributed by atoms with Crippen LogP contribution in [0.15, 0.2) is 18.2 Å². The second-order valence-electron chi connectivity index (χ2n) is 4.55. The lowest BCUT2D eigenvalue weighted by Crippen LogP contribution is -2.23. The van der Waals surface area contributed by atoms with Crippen molar-refractivity contribution in [2.75, 3.05) is 11.6 Å². The second-order valence-corrected chi connectivity index (χ2v) is 5.73. The van der Waals surface area contributed by atoms with Crippen LogP contribution in [0.5, 0.6) is 5.75 Å². The molecule has 0 aliphatic rings. The number of ether oxygens (including phenoxy) is 1. The molecular formula is C14H19NO4S. The van der Waals surface area contributed by atoms with Crippen molar-refractivity contribution in [2.45, 2.75) is 32.1 Å². The van der Waals surface area contributed by atoms with Gasteiger partial charge in [0, 0.05) is 0 Å². The van der Waals surface area contributed by atoms with Gasteiger partial charge in [-0.3, -0.25) is 4.79 Å². The molecule has 1 amide bonds. The minimum Gasteiger partial charge on any atom is -0.489 e. The Bertz CT molecular complexity index is 502. The summed E-state index contributed by atoms with van der Waals surface area (Å²) in [5.41, 5.74) is 0.484. The Labute approximate surface area is 122 Å². The third-order valence-corrected chi connectivity index (χ3v) is 3.49. The van der Waals surface area contributed by atoms with Gasteiger partial charge in [0.25, 0.3) is 0 Å². The topological polar surface area (TPSA) is 75.6 Å². The molecule has 0 aliphatic heterocycles. The van der Waals surface area contributed by atoms with E-state index in [1.165, 1.54) is 23.9 Å². The molecule has 1 rings (SSSR count). The fourth-order valence-corrected chi connectivity index (χ4v) is 1.73. The summed E-state index contributed by atoms with van der Waals surface area (Å²) < 4.78 is 5.58. The molecule has 20 heavy (non-hydrogen) atoms. The number of carboxylic acids is 1. The summed E-state index contributed by atoms with van der Waals surface area (Å²) in [7, 11) is 0. The number of carbonyl (C=O) groups excluding carboxylic acids is 1. The third-order valence-electron chi connectivity index (χ3n) is 2.57. The molecule has 0 fully saturated rings. The average Bonchev–Trinajstić information content (AvgIpc) is 2.38. The Kier molecular flexibility index (Phi) is 5.88. The number of aromatic carboxylic acids is 1.